The Morgan fingerprint density at radius 1 is 0.718 bits per heavy atom. The summed E-state index contributed by atoms with van der Waals surface area (Å²) in [7, 11) is 0. The quantitative estimate of drug-likeness (QED) is 0.318. The van der Waals surface area contributed by atoms with Crippen molar-refractivity contribution in [3.8, 4) is 0 Å². The summed E-state index contributed by atoms with van der Waals surface area (Å²) in [6.45, 7) is 0.110. The summed E-state index contributed by atoms with van der Waals surface area (Å²) >= 11 is 0. The summed E-state index contributed by atoms with van der Waals surface area (Å²) in [5.41, 5.74) is 0.865. The highest BCUT2D eigenvalue weighted by Gasteiger charge is 2.42. The van der Waals surface area contributed by atoms with Crippen LogP contribution in [-0.2, 0) is 23.9 Å². The van der Waals surface area contributed by atoms with E-state index in [1.807, 2.05) is 0 Å². The smallest absolute Gasteiger partial charge is 0.338 e. The number of nitrogens with zero attached hydrogens (tertiary/aromatic N) is 1. The Balaban J connectivity index is 1.34. The monoisotopic (exact) mass is 529 g/mol. The predicted molar refractivity (Wildman–Crippen MR) is 138 cm³/mol. The number of amides is 4. The van der Waals surface area contributed by atoms with Gasteiger partial charge in [-0.15, -0.1) is 0 Å². The molecule has 1 atom stereocenters. The molecule has 11 nitrogen and oxygen atoms in total. The molecule has 39 heavy (non-hydrogen) atoms. The SMILES string of the molecule is C[C@@H](C(=O)OCC(=O)Nc1ccccc1)N1C(=O)c2ccc(C(=O)OCC(=O)Nc3ccccc3)cc2C1=O. The number of benzene rings is 3. The minimum Gasteiger partial charge on any atom is -0.454 e. The predicted octanol–water partition coefficient (Wildman–Crippen LogP) is 2.65. The minimum absolute atomic E-state index is 0.0140. The Kier molecular flexibility index (Phi) is 8.10. The first kappa shape index (κ1) is 26.7. The molecule has 3 aromatic carbocycles. The molecule has 1 aliphatic rings. The van der Waals surface area contributed by atoms with Crippen molar-refractivity contribution < 1.29 is 38.2 Å². The molecule has 4 amide bonds. The van der Waals surface area contributed by atoms with E-state index in [1.54, 1.807) is 60.7 Å². The van der Waals surface area contributed by atoms with Crippen molar-refractivity contribution in [2.24, 2.45) is 0 Å². The molecule has 0 saturated heterocycles. The van der Waals surface area contributed by atoms with Crippen molar-refractivity contribution in [1.82, 2.24) is 4.90 Å². The van der Waals surface area contributed by atoms with Gasteiger partial charge in [0.2, 0.25) is 0 Å². The van der Waals surface area contributed by atoms with Crippen molar-refractivity contribution >= 4 is 46.9 Å². The molecule has 1 aliphatic heterocycles. The first-order chi connectivity index (χ1) is 18.7. The van der Waals surface area contributed by atoms with Gasteiger partial charge >= 0.3 is 11.9 Å². The maximum Gasteiger partial charge on any atom is 0.338 e. The van der Waals surface area contributed by atoms with Crippen LogP contribution in [0.5, 0.6) is 0 Å². The van der Waals surface area contributed by atoms with Gasteiger partial charge in [-0.05, 0) is 49.4 Å². The molecule has 2 N–H and O–H groups in total. The van der Waals surface area contributed by atoms with Crippen LogP contribution in [0.3, 0.4) is 0 Å². The Hall–Kier alpha value is -5.32. The van der Waals surface area contributed by atoms with Gasteiger partial charge in [-0.2, -0.15) is 0 Å². The molecule has 0 radical (unpaired) electrons. The Morgan fingerprint density at radius 2 is 1.23 bits per heavy atom. The highest BCUT2D eigenvalue weighted by molar-refractivity contribution is 6.23. The highest BCUT2D eigenvalue weighted by Crippen LogP contribution is 2.26. The molecule has 0 bridgehead atoms. The Bertz CT molecular complexity index is 1440. The third-order valence-corrected chi connectivity index (χ3v) is 5.68. The van der Waals surface area contributed by atoms with E-state index in [1.165, 1.54) is 25.1 Å². The summed E-state index contributed by atoms with van der Waals surface area (Å²) in [4.78, 5) is 75.6. The van der Waals surface area contributed by atoms with Gasteiger partial charge in [0.15, 0.2) is 13.2 Å². The summed E-state index contributed by atoms with van der Waals surface area (Å²) in [6, 6.07) is 19.5. The average Bonchev–Trinajstić information content (AvgIpc) is 3.19. The number of nitrogens with one attached hydrogen (secondary N) is 2. The van der Waals surface area contributed by atoms with Gasteiger partial charge in [-0.1, -0.05) is 36.4 Å². The molecule has 198 valence electrons. The fourth-order valence-corrected chi connectivity index (χ4v) is 3.75. The van der Waals surface area contributed by atoms with E-state index in [2.05, 4.69) is 10.6 Å². The van der Waals surface area contributed by atoms with E-state index >= 15 is 0 Å². The molecule has 4 rings (SSSR count). The zero-order valence-corrected chi connectivity index (χ0v) is 20.7. The van der Waals surface area contributed by atoms with Crippen LogP contribution in [0.4, 0.5) is 11.4 Å². The van der Waals surface area contributed by atoms with Crippen LogP contribution >= 0.6 is 0 Å². The Morgan fingerprint density at radius 3 is 1.79 bits per heavy atom. The number of anilines is 2. The van der Waals surface area contributed by atoms with E-state index in [9.17, 15) is 28.8 Å². The number of rotatable bonds is 9. The number of hydrogen-bond donors (Lipinski definition) is 2. The van der Waals surface area contributed by atoms with Crippen molar-refractivity contribution in [3.05, 3.63) is 95.6 Å². The van der Waals surface area contributed by atoms with Gasteiger partial charge in [-0.3, -0.25) is 24.1 Å². The second-order valence-corrected chi connectivity index (χ2v) is 8.43. The highest BCUT2D eigenvalue weighted by atomic mass is 16.5. The third-order valence-electron chi connectivity index (χ3n) is 5.68. The lowest BCUT2D eigenvalue weighted by Gasteiger charge is -2.20. The summed E-state index contributed by atoms with van der Waals surface area (Å²) < 4.78 is 10.0. The van der Waals surface area contributed by atoms with Crippen molar-refractivity contribution in [2.75, 3.05) is 23.8 Å². The minimum atomic E-state index is -1.33. The van der Waals surface area contributed by atoms with Crippen LogP contribution in [0.2, 0.25) is 0 Å². The normalized spacial score (nSPS) is 12.8. The molecule has 0 unspecified atom stereocenters. The maximum atomic E-state index is 13.0. The van der Waals surface area contributed by atoms with Crippen LogP contribution in [0.25, 0.3) is 0 Å². The first-order valence-corrected chi connectivity index (χ1v) is 11.8. The largest absolute Gasteiger partial charge is 0.454 e. The van der Waals surface area contributed by atoms with Gasteiger partial charge in [0, 0.05) is 11.4 Å². The van der Waals surface area contributed by atoms with E-state index < -0.39 is 54.8 Å². The first-order valence-electron chi connectivity index (χ1n) is 11.8. The number of hydrogen-bond acceptors (Lipinski definition) is 8. The molecular weight excluding hydrogens is 506 g/mol. The molecule has 0 spiro atoms. The van der Waals surface area contributed by atoms with Crippen molar-refractivity contribution in [2.45, 2.75) is 13.0 Å². The summed E-state index contributed by atoms with van der Waals surface area (Å²) in [6.07, 6.45) is 0. The number of fused-ring (bicyclic) bond motifs is 1. The fourth-order valence-electron chi connectivity index (χ4n) is 3.75. The van der Waals surface area contributed by atoms with Gasteiger partial charge in [0.05, 0.1) is 16.7 Å². The van der Waals surface area contributed by atoms with E-state index in [0.29, 0.717) is 16.3 Å². The Labute approximate surface area is 222 Å². The molecular formula is C28H23N3O8. The van der Waals surface area contributed by atoms with Crippen LogP contribution in [-0.4, -0.2) is 59.7 Å². The second-order valence-electron chi connectivity index (χ2n) is 8.43. The van der Waals surface area contributed by atoms with E-state index in [0.717, 1.165) is 0 Å². The van der Waals surface area contributed by atoms with Gasteiger partial charge in [0.25, 0.3) is 23.6 Å². The van der Waals surface area contributed by atoms with Crippen molar-refractivity contribution in [1.29, 1.82) is 0 Å². The zero-order valence-electron chi connectivity index (χ0n) is 20.7. The topological polar surface area (TPSA) is 148 Å². The van der Waals surface area contributed by atoms with Gasteiger partial charge < -0.3 is 20.1 Å². The maximum absolute atomic E-state index is 13.0. The van der Waals surface area contributed by atoms with Crippen LogP contribution in [0.1, 0.15) is 38.0 Å². The molecule has 3 aromatic rings. The third kappa shape index (κ3) is 6.34. The molecule has 1 heterocycles. The lowest BCUT2D eigenvalue weighted by molar-refractivity contribution is -0.150. The molecule has 0 fully saturated rings. The van der Waals surface area contributed by atoms with Crippen LogP contribution in [0.15, 0.2) is 78.9 Å². The van der Waals surface area contributed by atoms with Crippen LogP contribution in [0, 0.1) is 0 Å². The lowest BCUT2D eigenvalue weighted by atomic mass is 10.1. The van der Waals surface area contributed by atoms with Crippen LogP contribution < -0.4 is 10.6 Å². The van der Waals surface area contributed by atoms with Crippen molar-refractivity contribution in [3.63, 3.8) is 0 Å². The fraction of sp³-hybridized carbons (Fsp3) is 0.143. The molecule has 0 aliphatic carbocycles. The average molecular weight is 530 g/mol. The van der Waals surface area contributed by atoms with E-state index in [4.69, 9.17) is 9.47 Å². The number of para-hydroxylation sites is 2. The number of carbonyl (C=O) groups is 6. The molecule has 11 heteroatoms. The van der Waals surface area contributed by atoms with Gasteiger partial charge in [0.1, 0.15) is 6.04 Å². The lowest BCUT2D eigenvalue weighted by Crippen LogP contribution is -2.44. The number of ether oxygens (including phenoxy) is 2. The van der Waals surface area contributed by atoms with E-state index in [-0.39, 0.29) is 16.7 Å². The number of imide groups is 1. The standard InChI is InChI=1S/C28H23N3O8/c1-17(27(36)38-15-23(32)29-19-8-4-2-5-9-19)31-25(34)21-13-12-18(14-22(21)26(31)35)28(37)39-16-24(33)30-20-10-6-3-7-11-20/h2-14,17H,15-16H2,1H3,(H,29,32)(H,30,33)/t17-/m0/s1. The van der Waals surface area contributed by atoms with Gasteiger partial charge in [-0.25, -0.2) is 9.59 Å². The molecule has 0 saturated carbocycles. The number of carbonyl (C=O) groups excluding carboxylic acids is 6. The zero-order chi connectivity index (χ0) is 27.9. The summed E-state index contributed by atoms with van der Waals surface area (Å²) in [5.74, 6) is -4.56. The summed E-state index contributed by atoms with van der Waals surface area (Å²) in [5, 5.41) is 5.12. The molecule has 0 aromatic heterocycles. The number of esters is 2. The second kappa shape index (κ2) is 11.8.